The highest BCUT2D eigenvalue weighted by Gasteiger charge is 2.08. The molecule has 0 heterocycles. The van der Waals surface area contributed by atoms with Gasteiger partial charge in [0.1, 0.15) is 0 Å². The lowest BCUT2D eigenvalue weighted by atomic mass is 10.1. The van der Waals surface area contributed by atoms with E-state index in [2.05, 4.69) is 11.7 Å². The van der Waals surface area contributed by atoms with Crippen molar-refractivity contribution in [3.8, 4) is 6.07 Å². The van der Waals surface area contributed by atoms with Gasteiger partial charge in [0, 0.05) is 0 Å². The maximum atomic E-state index is 11.1. The van der Waals surface area contributed by atoms with Gasteiger partial charge in [0.2, 0.25) is 0 Å². The van der Waals surface area contributed by atoms with Crippen molar-refractivity contribution in [1.82, 2.24) is 0 Å². The van der Waals surface area contributed by atoms with Crippen molar-refractivity contribution in [2.75, 3.05) is 7.11 Å². The Bertz CT molecular complexity index is 377. The monoisotopic (exact) mass is 174 g/mol. The molecular weight excluding hydrogens is 166 g/mol. The maximum Gasteiger partial charge on any atom is 0.338 e. The normalized spacial score (nSPS) is 9.00. The first-order valence-corrected chi connectivity index (χ1v) is 3.63. The fraction of sp³-hybridized carbons (Fsp3) is 0.100. The summed E-state index contributed by atoms with van der Waals surface area (Å²) >= 11 is 0. The maximum absolute atomic E-state index is 11.1. The molecule has 1 aromatic rings. The second kappa shape index (κ2) is 3.72. The minimum atomic E-state index is -0.436. The van der Waals surface area contributed by atoms with Crippen LogP contribution in [-0.2, 0) is 4.74 Å². The molecule has 3 heteroatoms. The zero-order chi connectivity index (χ0) is 9.84. The molecule has 1 rings (SSSR count). The largest absolute Gasteiger partial charge is 0.465 e. The summed E-state index contributed by atoms with van der Waals surface area (Å²) in [6.45, 7) is 3.65. The number of rotatable bonds is 1. The molecule has 1 radical (unpaired) electrons. The zero-order valence-electron chi connectivity index (χ0n) is 7.20. The van der Waals surface area contributed by atoms with Crippen molar-refractivity contribution in [3.05, 3.63) is 41.8 Å². The van der Waals surface area contributed by atoms with Gasteiger partial charge in [0.05, 0.1) is 24.3 Å². The number of nitriles is 1. The third kappa shape index (κ3) is 1.85. The Balaban J connectivity index is 3.14. The topological polar surface area (TPSA) is 50.1 Å². The van der Waals surface area contributed by atoms with Crippen LogP contribution in [0.2, 0.25) is 0 Å². The number of esters is 1. The number of hydrogen-bond donors (Lipinski definition) is 0. The van der Waals surface area contributed by atoms with Gasteiger partial charge in [-0.2, -0.15) is 5.26 Å². The summed E-state index contributed by atoms with van der Waals surface area (Å²) in [5.74, 6) is -0.436. The Kier molecular flexibility index (Phi) is 2.65. The first-order valence-electron chi connectivity index (χ1n) is 3.63. The number of nitrogens with zero attached hydrogens (tertiary/aromatic N) is 1. The van der Waals surface area contributed by atoms with Crippen LogP contribution in [0.25, 0.3) is 0 Å². The lowest BCUT2D eigenvalue weighted by molar-refractivity contribution is 0.0600. The van der Waals surface area contributed by atoms with Crippen LogP contribution in [0.5, 0.6) is 0 Å². The van der Waals surface area contributed by atoms with E-state index in [0.717, 1.165) is 0 Å². The zero-order valence-corrected chi connectivity index (χ0v) is 7.20. The Morgan fingerprint density at radius 1 is 1.62 bits per heavy atom. The van der Waals surface area contributed by atoms with Crippen molar-refractivity contribution in [2.45, 2.75) is 0 Å². The summed E-state index contributed by atoms with van der Waals surface area (Å²) in [7, 11) is 1.31. The first kappa shape index (κ1) is 9.27. The lowest BCUT2D eigenvalue weighted by Crippen LogP contribution is -2.03. The van der Waals surface area contributed by atoms with Crippen LogP contribution in [0.3, 0.4) is 0 Å². The number of benzene rings is 1. The van der Waals surface area contributed by atoms with E-state index < -0.39 is 5.97 Å². The van der Waals surface area contributed by atoms with Crippen LogP contribution >= 0.6 is 0 Å². The minimum Gasteiger partial charge on any atom is -0.465 e. The van der Waals surface area contributed by atoms with E-state index in [9.17, 15) is 4.79 Å². The highest BCUT2D eigenvalue weighted by Crippen LogP contribution is 2.11. The highest BCUT2D eigenvalue weighted by molar-refractivity contribution is 5.91. The summed E-state index contributed by atoms with van der Waals surface area (Å²) in [5.41, 5.74) is 1.38. The van der Waals surface area contributed by atoms with E-state index >= 15 is 0 Å². The van der Waals surface area contributed by atoms with Gasteiger partial charge in [0.25, 0.3) is 0 Å². The summed E-state index contributed by atoms with van der Waals surface area (Å²) in [6.07, 6.45) is 0. The van der Waals surface area contributed by atoms with Crippen molar-refractivity contribution < 1.29 is 9.53 Å². The first-order chi connectivity index (χ1) is 6.19. The second-order valence-electron chi connectivity index (χ2n) is 2.48. The molecule has 0 aliphatic heterocycles. The van der Waals surface area contributed by atoms with Crippen molar-refractivity contribution >= 4 is 5.97 Å². The standard InChI is InChI=1S/C10H8NO2/c1-7-5-8(6-11)3-4-9(7)10(12)13-2/h3-5H,1H2,2H3. The molecule has 0 fully saturated rings. The molecule has 0 aliphatic carbocycles. The summed E-state index contributed by atoms with van der Waals surface area (Å²) < 4.78 is 4.53. The molecule has 0 aliphatic rings. The molecule has 0 saturated heterocycles. The van der Waals surface area contributed by atoms with Crippen LogP contribution < -0.4 is 0 Å². The molecule has 0 aromatic heterocycles. The molecule has 0 amide bonds. The summed E-state index contributed by atoms with van der Waals surface area (Å²) in [4.78, 5) is 11.1. The van der Waals surface area contributed by atoms with E-state index in [1.807, 2.05) is 6.07 Å². The van der Waals surface area contributed by atoms with E-state index in [1.165, 1.54) is 13.2 Å². The van der Waals surface area contributed by atoms with Crippen LogP contribution in [0.15, 0.2) is 18.2 Å². The van der Waals surface area contributed by atoms with E-state index in [4.69, 9.17) is 5.26 Å². The quantitative estimate of drug-likeness (QED) is 0.606. The van der Waals surface area contributed by atoms with Crippen LogP contribution in [0.4, 0.5) is 0 Å². The second-order valence-corrected chi connectivity index (χ2v) is 2.48. The summed E-state index contributed by atoms with van der Waals surface area (Å²) in [5, 5.41) is 8.55. The lowest BCUT2D eigenvalue weighted by Gasteiger charge is -2.02. The van der Waals surface area contributed by atoms with Crippen molar-refractivity contribution in [3.63, 3.8) is 0 Å². The smallest absolute Gasteiger partial charge is 0.338 e. The highest BCUT2D eigenvalue weighted by atomic mass is 16.5. The van der Waals surface area contributed by atoms with Gasteiger partial charge in [-0.25, -0.2) is 4.79 Å². The Hall–Kier alpha value is -1.82. The molecule has 0 unspecified atom stereocenters. The predicted molar refractivity (Wildman–Crippen MR) is 47.0 cm³/mol. The van der Waals surface area contributed by atoms with Gasteiger partial charge in [0.15, 0.2) is 0 Å². The number of ether oxygens (including phenoxy) is 1. The van der Waals surface area contributed by atoms with Gasteiger partial charge in [-0.05, 0) is 30.7 Å². The molecule has 0 spiro atoms. The molecule has 13 heavy (non-hydrogen) atoms. The van der Waals surface area contributed by atoms with Crippen molar-refractivity contribution in [2.24, 2.45) is 0 Å². The Labute approximate surface area is 76.6 Å². The average Bonchev–Trinajstić information content (AvgIpc) is 2.16. The number of carbonyl (C=O) groups excluding carboxylic acids is 1. The predicted octanol–water partition coefficient (Wildman–Crippen LogP) is 1.53. The third-order valence-electron chi connectivity index (χ3n) is 1.64. The molecule has 3 nitrogen and oxygen atoms in total. The molecule has 0 saturated carbocycles. The third-order valence-corrected chi connectivity index (χ3v) is 1.64. The average molecular weight is 174 g/mol. The number of hydrogen-bond acceptors (Lipinski definition) is 3. The molecular formula is C10H8NO2. The van der Waals surface area contributed by atoms with Gasteiger partial charge in [-0.1, -0.05) is 0 Å². The van der Waals surface area contributed by atoms with E-state index in [1.54, 1.807) is 12.1 Å². The van der Waals surface area contributed by atoms with Crippen LogP contribution in [-0.4, -0.2) is 13.1 Å². The summed E-state index contributed by atoms with van der Waals surface area (Å²) in [6, 6.07) is 6.60. The minimum absolute atomic E-state index is 0.390. The molecule has 0 N–H and O–H groups in total. The van der Waals surface area contributed by atoms with E-state index in [-0.39, 0.29) is 0 Å². The Morgan fingerprint density at radius 3 is 2.77 bits per heavy atom. The Morgan fingerprint density at radius 2 is 2.31 bits per heavy atom. The SMILES string of the molecule is [CH2]c1cc(C#N)ccc1C(=O)OC. The molecule has 0 bridgehead atoms. The number of carbonyl (C=O) groups is 1. The van der Waals surface area contributed by atoms with Crippen LogP contribution in [0, 0.1) is 18.3 Å². The van der Waals surface area contributed by atoms with Crippen molar-refractivity contribution in [1.29, 1.82) is 5.26 Å². The van der Waals surface area contributed by atoms with Crippen LogP contribution in [0.1, 0.15) is 21.5 Å². The molecule has 0 atom stereocenters. The number of methoxy groups -OCH3 is 1. The van der Waals surface area contributed by atoms with Gasteiger partial charge < -0.3 is 4.74 Å². The fourth-order valence-electron chi connectivity index (χ4n) is 0.972. The van der Waals surface area contributed by atoms with Gasteiger partial charge in [-0.3, -0.25) is 0 Å². The molecule has 1 aromatic carbocycles. The van der Waals surface area contributed by atoms with Gasteiger partial charge in [-0.15, -0.1) is 0 Å². The molecule has 65 valence electrons. The van der Waals surface area contributed by atoms with E-state index in [0.29, 0.717) is 16.7 Å². The fourth-order valence-corrected chi connectivity index (χ4v) is 0.972. The van der Waals surface area contributed by atoms with Gasteiger partial charge >= 0.3 is 5.97 Å².